The highest BCUT2D eigenvalue weighted by atomic mass is 16.2. The quantitative estimate of drug-likeness (QED) is 0.905. The van der Waals surface area contributed by atoms with E-state index in [-0.39, 0.29) is 11.9 Å². The largest absolute Gasteiger partial charge is 0.342 e. The number of benzene rings is 1. The van der Waals surface area contributed by atoms with E-state index in [1.165, 1.54) is 11.1 Å². The van der Waals surface area contributed by atoms with Gasteiger partial charge in [0.15, 0.2) is 0 Å². The maximum absolute atomic E-state index is 12.2. The van der Waals surface area contributed by atoms with Crippen LogP contribution < -0.4 is 5.73 Å². The molecule has 3 nitrogen and oxygen atoms in total. The zero-order valence-corrected chi connectivity index (χ0v) is 11.9. The molecule has 104 valence electrons. The van der Waals surface area contributed by atoms with E-state index < -0.39 is 0 Å². The normalized spacial score (nSPS) is 23.4. The third-order valence-electron chi connectivity index (χ3n) is 4.07. The van der Waals surface area contributed by atoms with Gasteiger partial charge >= 0.3 is 0 Å². The molecule has 2 N–H and O–H groups in total. The topological polar surface area (TPSA) is 46.3 Å². The van der Waals surface area contributed by atoms with Gasteiger partial charge in [-0.05, 0) is 31.2 Å². The van der Waals surface area contributed by atoms with Gasteiger partial charge in [-0.2, -0.15) is 0 Å². The number of nitrogens with zero attached hydrogens (tertiary/aromatic N) is 1. The van der Waals surface area contributed by atoms with Crippen LogP contribution in [0.4, 0.5) is 0 Å². The summed E-state index contributed by atoms with van der Waals surface area (Å²) in [5.74, 6) is 0.677. The Kier molecular flexibility index (Phi) is 4.59. The van der Waals surface area contributed by atoms with Gasteiger partial charge in [0.2, 0.25) is 5.91 Å². The molecule has 2 atom stereocenters. The van der Waals surface area contributed by atoms with Crippen molar-refractivity contribution in [2.75, 3.05) is 13.1 Å². The first kappa shape index (κ1) is 14.1. The van der Waals surface area contributed by atoms with Crippen molar-refractivity contribution in [1.29, 1.82) is 0 Å². The lowest BCUT2D eigenvalue weighted by atomic mass is 9.94. The summed E-state index contributed by atoms with van der Waals surface area (Å²) < 4.78 is 0. The molecule has 1 heterocycles. The molecule has 0 spiro atoms. The van der Waals surface area contributed by atoms with Crippen LogP contribution in [0.15, 0.2) is 24.3 Å². The SMILES string of the molecule is Cc1ccc(CCC(=O)N2CCC(N)C(C)C2)cc1. The first-order chi connectivity index (χ1) is 9.06. The monoisotopic (exact) mass is 260 g/mol. The molecule has 1 aliphatic rings. The van der Waals surface area contributed by atoms with E-state index in [4.69, 9.17) is 5.73 Å². The molecular formula is C16H24N2O. The third kappa shape index (κ3) is 3.80. The summed E-state index contributed by atoms with van der Waals surface area (Å²) in [5.41, 5.74) is 8.48. The number of rotatable bonds is 3. The molecule has 2 rings (SSSR count). The van der Waals surface area contributed by atoms with Gasteiger partial charge in [0.25, 0.3) is 0 Å². The second-order valence-corrected chi connectivity index (χ2v) is 5.76. The number of carbonyl (C=O) groups is 1. The fourth-order valence-corrected chi connectivity index (χ4v) is 2.55. The van der Waals surface area contributed by atoms with Gasteiger partial charge in [0, 0.05) is 25.6 Å². The summed E-state index contributed by atoms with van der Waals surface area (Å²) in [6.07, 6.45) is 2.36. The van der Waals surface area contributed by atoms with E-state index in [1.807, 2.05) is 4.90 Å². The first-order valence-electron chi connectivity index (χ1n) is 7.15. The molecule has 0 saturated carbocycles. The maximum Gasteiger partial charge on any atom is 0.222 e. The number of aryl methyl sites for hydroxylation is 2. The Morgan fingerprint density at radius 3 is 2.68 bits per heavy atom. The Bertz CT molecular complexity index is 427. The van der Waals surface area contributed by atoms with Crippen molar-refractivity contribution < 1.29 is 4.79 Å². The van der Waals surface area contributed by atoms with Crippen LogP contribution in [0.3, 0.4) is 0 Å². The van der Waals surface area contributed by atoms with E-state index in [9.17, 15) is 4.79 Å². The molecule has 1 saturated heterocycles. The van der Waals surface area contributed by atoms with Crippen LogP contribution in [0.25, 0.3) is 0 Å². The Balaban J connectivity index is 1.83. The van der Waals surface area contributed by atoms with Crippen molar-refractivity contribution in [3.05, 3.63) is 35.4 Å². The van der Waals surface area contributed by atoms with Gasteiger partial charge < -0.3 is 10.6 Å². The average Bonchev–Trinajstić information content (AvgIpc) is 2.41. The highest BCUT2D eigenvalue weighted by molar-refractivity contribution is 5.76. The molecule has 0 aliphatic carbocycles. The number of carbonyl (C=O) groups excluding carboxylic acids is 1. The standard InChI is InChI=1S/C16H24N2O/c1-12-3-5-14(6-4-12)7-8-16(19)18-10-9-15(17)13(2)11-18/h3-6,13,15H,7-11,17H2,1-2H3. The van der Waals surface area contributed by atoms with Crippen molar-refractivity contribution in [3.63, 3.8) is 0 Å². The lowest BCUT2D eigenvalue weighted by molar-refractivity contribution is -0.133. The molecule has 0 radical (unpaired) electrons. The first-order valence-corrected chi connectivity index (χ1v) is 7.15. The third-order valence-corrected chi connectivity index (χ3v) is 4.07. The molecule has 0 bridgehead atoms. The minimum absolute atomic E-state index is 0.251. The fraction of sp³-hybridized carbons (Fsp3) is 0.562. The van der Waals surface area contributed by atoms with E-state index in [1.54, 1.807) is 0 Å². The van der Waals surface area contributed by atoms with E-state index >= 15 is 0 Å². The van der Waals surface area contributed by atoms with Crippen molar-refractivity contribution in [2.45, 2.75) is 39.2 Å². The van der Waals surface area contributed by atoms with E-state index in [0.717, 1.165) is 25.9 Å². The second-order valence-electron chi connectivity index (χ2n) is 5.76. The van der Waals surface area contributed by atoms with Crippen LogP contribution in [0.1, 0.15) is 30.9 Å². The van der Waals surface area contributed by atoms with E-state index in [0.29, 0.717) is 12.3 Å². The number of piperidine rings is 1. The van der Waals surface area contributed by atoms with Crippen LogP contribution in [0.5, 0.6) is 0 Å². The molecule has 1 amide bonds. The zero-order valence-electron chi connectivity index (χ0n) is 11.9. The predicted octanol–water partition coefficient (Wildman–Crippen LogP) is 2.12. The lowest BCUT2D eigenvalue weighted by Crippen LogP contribution is -2.48. The number of nitrogens with two attached hydrogens (primary N) is 1. The molecule has 1 aliphatic heterocycles. The van der Waals surface area contributed by atoms with Crippen LogP contribution in [-0.4, -0.2) is 29.9 Å². The summed E-state index contributed by atoms with van der Waals surface area (Å²) in [4.78, 5) is 14.2. The van der Waals surface area contributed by atoms with Crippen LogP contribution in [0.2, 0.25) is 0 Å². The van der Waals surface area contributed by atoms with Crippen LogP contribution in [0, 0.1) is 12.8 Å². The Morgan fingerprint density at radius 2 is 2.05 bits per heavy atom. The number of likely N-dealkylation sites (tertiary alicyclic amines) is 1. The Hall–Kier alpha value is -1.35. The van der Waals surface area contributed by atoms with Crippen molar-refractivity contribution in [3.8, 4) is 0 Å². The van der Waals surface area contributed by atoms with Gasteiger partial charge in [-0.1, -0.05) is 36.8 Å². The fourth-order valence-electron chi connectivity index (χ4n) is 2.55. The molecular weight excluding hydrogens is 236 g/mol. The molecule has 2 unspecified atom stereocenters. The van der Waals surface area contributed by atoms with Gasteiger partial charge in [0.1, 0.15) is 0 Å². The van der Waals surface area contributed by atoms with Gasteiger partial charge in [-0.3, -0.25) is 4.79 Å². The average molecular weight is 260 g/mol. The smallest absolute Gasteiger partial charge is 0.222 e. The van der Waals surface area contributed by atoms with E-state index in [2.05, 4.69) is 38.1 Å². The zero-order chi connectivity index (χ0) is 13.8. The minimum atomic E-state index is 0.251. The van der Waals surface area contributed by atoms with Gasteiger partial charge in [0.05, 0.1) is 0 Å². The van der Waals surface area contributed by atoms with Gasteiger partial charge in [-0.15, -0.1) is 0 Å². The number of amides is 1. The van der Waals surface area contributed by atoms with Crippen molar-refractivity contribution in [2.24, 2.45) is 11.7 Å². The predicted molar refractivity (Wildman–Crippen MR) is 77.8 cm³/mol. The Labute approximate surface area is 115 Å². The van der Waals surface area contributed by atoms with Gasteiger partial charge in [-0.25, -0.2) is 0 Å². The highest BCUT2D eigenvalue weighted by Gasteiger charge is 2.25. The van der Waals surface area contributed by atoms with Crippen LogP contribution in [-0.2, 0) is 11.2 Å². The summed E-state index contributed by atoms with van der Waals surface area (Å²) in [7, 11) is 0. The lowest BCUT2D eigenvalue weighted by Gasteiger charge is -2.35. The molecule has 1 aromatic carbocycles. The summed E-state index contributed by atoms with van der Waals surface area (Å²) in [6.45, 7) is 5.84. The molecule has 1 fully saturated rings. The highest BCUT2D eigenvalue weighted by Crippen LogP contribution is 2.16. The second kappa shape index (κ2) is 6.20. The molecule has 19 heavy (non-hydrogen) atoms. The Morgan fingerprint density at radius 1 is 1.37 bits per heavy atom. The number of hydrogen-bond donors (Lipinski definition) is 1. The molecule has 3 heteroatoms. The number of hydrogen-bond acceptors (Lipinski definition) is 2. The van der Waals surface area contributed by atoms with Crippen molar-refractivity contribution in [1.82, 2.24) is 4.90 Å². The molecule has 0 aromatic heterocycles. The summed E-state index contributed by atoms with van der Waals surface area (Å²) in [6, 6.07) is 8.67. The minimum Gasteiger partial charge on any atom is -0.342 e. The van der Waals surface area contributed by atoms with Crippen molar-refractivity contribution >= 4 is 5.91 Å². The summed E-state index contributed by atoms with van der Waals surface area (Å²) in [5, 5.41) is 0. The van der Waals surface area contributed by atoms with Crippen LogP contribution >= 0.6 is 0 Å². The maximum atomic E-state index is 12.2. The molecule has 1 aromatic rings. The summed E-state index contributed by atoms with van der Waals surface area (Å²) >= 11 is 0.